The smallest absolute Gasteiger partial charge is 0.262 e. The molecule has 0 spiro atoms. The van der Waals surface area contributed by atoms with E-state index in [2.05, 4.69) is 22.2 Å². The van der Waals surface area contributed by atoms with Gasteiger partial charge in [0.05, 0.1) is 11.1 Å². The molecule has 174 valence electrons. The number of anilines is 1. The maximum absolute atomic E-state index is 13.2. The Morgan fingerprint density at radius 2 is 1.58 bits per heavy atom. The van der Waals surface area contributed by atoms with Gasteiger partial charge in [-0.25, -0.2) is 0 Å². The Morgan fingerprint density at radius 1 is 0.970 bits per heavy atom. The summed E-state index contributed by atoms with van der Waals surface area (Å²) in [5.41, 5.74) is 2.57. The number of hydrogen-bond donors (Lipinski definition) is 1. The summed E-state index contributed by atoms with van der Waals surface area (Å²) in [4.78, 5) is 44.9. The van der Waals surface area contributed by atoms with E-state index in [4.69, 9.17) is 0 Å². The molecule has 2 aromatic carbocycles. The lowest BCUT2D eigenvalue weighted by molar-refractivity contribution is -0.120. The first-order valence-electron chi connectivity index (χ1n) is 11.2. The fourth-order valence-electron chi connectivity index (χ4n) is 4.28. The lowest BCUT2D eigenvalue weighted by atomic mass is 10.1. The molecule has 7 nitrogen and oxygen atoms in total. The minimum Gasteiger partial charge on any atom is -0.324 e. The molecule has 0 aromatic heterocycles. The lowest BCUT2D eigenvalue weighted by Crippen LogP contribution is -2.47. The Labute approximate surface area is 199 Å². The number of carbonyl (C=O) groups is 3. The molecule has 0 saturated carbocycles. The van der Waals surface area contributed by atoms with Crippen molar-refractivity contribution < 1.29 is 14.4 Å². The van der Waals surface area contributed by atoms with Gasteiger partial charge in [-0.05, 0) is 55.3 Å². The molecule has 8 heteroatoms. The van der Waals surface area contributed by atoms with Gasteiger partial charge in [0.15, 0.2) is 0 Å². The molecule has 1 N–H and O–H groups in total. The van der Waals surface area contributed by atoms with Crippen LogP contribution in [0.2, 0.25) is 0 Å². The summed E-state index contributed by atoms with van der Waals surface area (Å²) in [6.45, 7) is 5.12. The minimum atomic E-state index is -0.852. The number of likely N-dealkylation sites (N-methyl/N-ethyl adjacent to an activating group) is 1. The van der Waals surface area contributed by atoms with Crippen LogP contribution in [0.15, 0.2) is 48.5 Å². The fourth-order valence-corrected chi connectivity index (χ4v) is 4.74. The Bertz CT molecular complexity index is 984. The molecule has 0 radical (unpaired) electrons. The number of nitrogens with zero attached hydrogens (tertiary/aromatic N) is 3. The van der Waals surface area contributed by atoms with Crippen LogP contribution in [0.5, 0.6) is 0 Å². The van der Waals surface area contributed by atoms with Gasteiger partial charge in [0.1, 0.15) is 6.04 Å². The first-order chi connectivity index (χ1) is 16.0. The summed E-state index contributed by atoms with van der Waals surface area (Å²) in [5, 5.41) is 2.92. The van der Waals surface area contributed by atoms with Gasteiger partial charge >= 0.3 is 0 Å². The van der Waals surface area contributed by atoms with E-state index in [1.807, 2.05) is 30.5 Å². The third-order valence-electron chi connectivity index (χ3n) is 6.26. The molecule has 2 aliphatic heterocycles. The summed E-state index contributed by atoms with van der Waals surface area (Å²) in [6, 6.07) is 13.7. The second-order valence-corrected chi connectivity index (χ2v) is 9.57. The largest absolute Gasteiger partial charge is 0.324 e. The topological polar surface area (TPSA) is 73.0 Å². The van der Waals surface area contributed by atoms with Crippen LogP contribution in [0.1, 0.15) is 32.7 Å². The Kier molecular flexibility index (Phi) is 7.47. The molecule has 0 bridgehead atoms. The third-order valence-corrected chi connectivity index (χ3v) is 6.90. The zero-order chi connectivity index (χ0) is 23.4. The van der Waals surface area contributed by atoms with Crippen molar-refractivity contribution in [3.63, 3.8) is 0 Å². The van der Waals surface area contributed by atoms with Gasteiger partial charge in [-0.15, -0.1) is 0 Å². The average molecular weight is 467 g/mol. The van der Waals surface area contributed by atoms with Crippen LogP contribution >= 0.6 is 11.8 Å². The lowest BCUT2D eigenvalue weighted by Gasteiger charge is -2.32. The maximum Gasteiger partial charge on any atom is 0.262 e. The van der Waals surface area contributed by atoms with Crippen LogP contribution in [0.4, 0.5) is 5.69 Å². The molecule has 3 amide bonds. The molecular formula is C25H30N4O3S. The van der Waals surface area contributed by atoms with Crippen LogP contribution in [0, 0.1) is 0 Å². The Morgan fingerprint density at radius 3 is 2.15 bits per heavy atom. The Balaban J connectivity index is 1.43. The van der Waals surface area contributed by atoms with E-state index in [-0.39, 0.29) is 5.91 Å². The molecule has 1 saturated heterocycles. The highest BCUT2D eigenvalue weighted by atomic mass is 32.2. The first-order valence-corrected chi connectivity index (χ1v) is 12.6. The molecule has 1 unspecified atom stereocenters. The third kappa shape index (κ3) is 5.29. The van der Waals surface area contributed by atoms with Gasteiger partial charge < -0.3 is 10.2 Å². The quantitative estimate of drug-likeness (QED) is 0.603. The number of thioether (sulfide) groups is 1. The van der Waals surface area contributed by atoms with E-state index in [9.17, 15) is 14.4 Å². The summed E-state index contributed by atoms with van der Waals surface area (Å²) < 4.78 is 0. The van der Waals surface area contributed by atoms with Gasteiger partial charge in [-0.2, -0.15) is 11.8 Å². The van der Waals surface area contributed by atoms with Gasteiger partial charge in [0.25, 0.3) is 11.8 Å². The second kappa shape index (κ2) is 10.5. The molecule has 2 aromatic rings. The molecule has 2 aliphatic rings. The van der Waals surface area contributed by atoms with Crippen LogP contribution in [0.3, 0.4) is 0 Å². The zero-order valence-corrected chi connectivity index (χ0v) is 19.9. The molecule has 33 heavy (non-hydrogen) atoms. The van der Waals surface area contributed by atoms with Crippen molar-refractivity contribution in [1.82, 2.24) is 14.7 Å². The number of rotatable bonds is 8. The number of nitrogens with one attached hydrogen (secondary N) is 1. The van der Waals surface area contributed by atoms with Crippen molar-refractivity contribution in [2.45, 2.75) is 19.0 Å². The number of hydrogen-bond acceptors (Lipinski definition) is 6. The van der Waals surface area contributed by atoms with E-state index in [0.717, 1.165) is 37.6 Å². The molecule has 0 aliphatic carbocycles. The summed E-state index contributed by atoms with van der Waals surface area (Å²) >= 11 is 1.58. The average Bonchev–Trinajstić information content (AvgIpc) is 3.07. The highest BCUT2D eigenvalue weighted by Gasteiger charge is 2.42. The standard InChI is InChI=1S/C25H30N4O3S/c1-27-12-14-28(15-13-27)17-18-7-9-19(10-8-18)26-23(30)22(11-16-33-2)29-24(31)20-5-3-4-6-21(20)25(29)32/h3-10,22H,11-17H2,1-2H3,(H,26,30). The second-order valence-electron chi connectivity index (χ2n) is 8.59. The normalized spacial score (nSPS) is 17.8. The number of piperazine rings is 1. The zero-order valence-electron chi connectivity index (χ0n) is 19.1. The van der Waals surface area contributed by atoms with E-state index in [1.54, 1.807) is 36.0 Å². The van der Waals surface area contributed by atoms with E-state index in [1.165, 1.54) is 5.56 Å². The van der Waals surface area contributed by atoms with Crippen molar-refractivity contribution in [2.75, 3.05) is 50.6 Å². The van der Waals surface area contributed by atoms with E-state index in [0.29, 0.717) is 29.0 Å². The number of fused-ring (bicyclic) bond motifs is 1. The van der Waals surface area contributed by atoms with Crippen molar-refractivity contribution in [3.8, 4) is 0 Å². The predicted octanol–water partition coefficient (Wildman–Crippen LogP) is 2.79. The molecule has 2 heterocycles. The summed E-state index contributed by atoms with van der Waals surface area (Å²) in [6.07, 6.45) is 2.34. The molecule has 1 fully saturated rings. The Hall–Kier alpha value is -2.68. The van der Waals surface area contributed by atoms with Crippen molar-refractivity contribution in [1.29, 1.82) is 0 Å². The van der Waals surface area contributed by atoms with E-state index < -0.39 is 17.9 Å². The summed E-state index contributed by atoms with van der Waals surface area (Å²) in [7, 11) is 2.14. The highest BCUT2D eigenvalue weighted by molar-refractivity contribution is 7.98. The molecule has 1 atom stereocenters. The van der Waals surface area contributed by atoms with Crippen molar-refractivity contribution in [3.05, 3.63) is 65.2 Å². The predicted molar refractivity (Wildman–Crippen MR) is 132 cm³/mol. The van der Waals surface area contributed by atoms with Crippen LogP contribution in [0.25, 0.3) is 0 Å². The minimum absolute atomic E-state index is 0.342. The van der Waals surface area contributed by atoms with E-state index >= 15 is 0 Å². The first kappa shape index (κ1) is 23.5. The van der Waals surface area contributed by atoms with Gasteiger partial charge in [-0.1, -0.05) is 24.3 Å². The molecule has 4 rings (SSSR count). The number of benzene rings is 2. The van der Waals surface area contributed by atoms with Crippen LogP contribution < -0.4 is 5.32 Å². The fraction of sp³-hybridized carbons (Fsp3) is 0.400. The summed E-state index contributed by atoms with van der Waals surface area (Å²) in [5.74, 6) is -0.487. The number of imide groups is 1. The van der Waals surface area contributed by atoms with Crippen molar-refractivity contribution in [2.24, 2.45) is 0 Å². The number of amides is 3. The van der Waals surface area contributed by atoms with Crippen LogP contribution in [-0.2, 0) is 11.3 Å². The van der Waals surface area contributed by atoms with Crippen LogP contribution in [-0.4, -0.2) is 83.7 Å². The monoisotopic (exact) mass is 466 g/mol. The molecular weight excluding hydrogens is 436 g/mol. The number of carbonyl (C=O) groups excluding carboxylic acids is 3. The highest BCUT2D eigenvalue weighted by Crippen LogP contribution is 2.27. The van der Waals surface area contributed by atoms with Crippen molar-refractivity contribution >= 4 is 35.2 Å². The van der Waals surface area contributed by atoms with Gasteiger partial charge in [-0.3, -0.25) is 24.2 Å². The van der Waals surface area contributed by atoms with Gasteiger partial charge in [0, 0.05) is 38.4 Å². The van der Waals surface area contributed by atoms with Gasteiger partial charge in [0.2, 0.25) is 5.91 Å². The maximum atomic E-state index is 13.2. The SMILES string of the molecule is CSCCC(C(=O)Nc1ccc(CN2CCN(C)CC2)cc1)N1C(=O)c2ccccc2C1=O.